The first-order valence-corrected chi connectivity index (χ1v) is 6.38. The van der Waals surface area contributed by atoms with Crippen molar-refractivity contribution >= 4 is 35.0 Å². The lowest BCUT2D eigenvalue weighted by atomic mass is 10.2. The monoisotopic (exact) mass is 287 g/mol. The Hall–Kier alpha value is -1.04. The number of hydrogen-bond donors (Lipinski definition) is 1. The molecule has 0 aliphatic heterocycles. The van der Waals surface area contributed by atoms with E-state index in [0.29, 0.717) is 21.0 Å². The van der Waals surface area contributed by atoms with Crippen LogP contribution in [-0.2, 0) is 5.75 Å². The van der Waals surface area contributed by atoms with Crippen LogP contribution in [0.2, 0.25) is 10.0 Å². The Morgan fingerprint density at radius 3 is 2.65 bits per heavy atom. The van der Waals surface area contributed by atoms with Crippen LogP contribution in [0.4, 0.5) is 0 Å². The summed E-state index contributed by atoms with van der Waals surface area (Å²) >= 11 is 13.4. The van der Waals surface area contributed by atoms with Crippen LogP contribution in [0.5, 0.6) is 0 Å². The summed E-state index contributed by atoms with van der Waals surface area (Å²) in [5, 5.41) is 8.97. The van der Waals surface area contributed by atoms with Gasteiger partial charge in [-0.15, -0.1) is 5.10 Å². The molecule has 2 aromatic rings. The Kier molecular flexibility index (Phi) is 4.04. The van der Waals surface area contributed by atoms with Crippen molar-refractivity contribution in [3.8, 4) is 0 Å². The highest BCUT2D eigenvalue weighted by atomic mass is 35.5. The smallest absolute Gasteiger partial charge is 0.270 e. The summed E-state index contributed by atoms with van der Waals surface area (Å²) < 4.78 is 0. The predicted octanol–water partition coefficient (Wildman–Crippen LogP) is 2.76. The Bertz CT molecular complexity index is 568. The first-order chi connectivity index (χ1) is 8.16. The second kappa shape index (κ2) is 5.53. The average Bonchev–Trinajstić information content (AvgIpc) is 2.28. The Balaban J connectivity index is 2.15. The molecule has 0 amide bonds. The van der Waals surface area contributed by atoms with E-state index in [9.17, 15) is 4.79 Å². The molecule has 88 valence electrons. The summed E-state index contributed by atoms with van der Waals surface area (Å²) in [6.07, 6.45) is 1.12. The number of benzene rings is 1. The predicted molar refractivity (Wildman–Crippen MR) is 68.7 cm³/mol. The Morgan fingerprint density at radius 1 is 1.29 bits per heavy atom. The van der Waals surface area contributed by atoms with Crippen LogP contribution in [-0.4, -0.2) is 15.2 Å². The van der Waals surface area contributed by atoms with Crippen LogP contribution < -0.4 is 5.56 Å². The molecule has 1 aromatic heterocycles. The summed E-state index contributed by atoms with van der Waals surface area (Å²) in [6, 6.07) is 5.31. The zero-order valence-electron chi connectivity index (χ0n) is 8.48. The number of nitrogens with zero attached hydrogens (tertiary/aromatic N) is 2. The van der Waals surface area contributed by atoms with Gasteiger partial charge in [0.15, 0.2) is 5.16 Å². The topological polar surface area (TPSA) is 58.6 Å². The first-order valence-electron chi connectivity index (χ1n) is 4.64. The normalized spacial score (nSPS) is 10.5. The maximum absolute atomic E-state index is 11.0. The highest BCUT2D eigenvalue weighted by Gasteiger charge is 2.07. The van der Waals surface area contributed by atoms with Crippen molar-refractivity contribution in [1.82, 2.24) is 15.2 Å². The molecule has 7 heteroatoms. The summed E-state index contributed by atoms with van der Waals surface area (Å²) in [5.74, 6) is 0.521. The van der Waals surface area contributed by atoms with Crippen LogP contribution in [0.15, 0.2) is 34.3 Å². The van der Waals surface area contributed by atoms with Crippen LogP contribution in [0, 0.1) is 0 Å². The van der Waals surface area contributed by atoms with Gasteiger partial charge in [-0.05, 0) is 17.7 Å². The molecule has 1 aromatic carbocycles. The van der Waals surface area contributed by atoms with E-state index in [0.717, 1.165) is 11.8 Å². The Morgan fingerprint density at radius 2 is 2.00 bits per heavy atom. The van der Waals surface area contributed by atoms with E-state index in [-0.39, 0.29) is 5.56 Å². The molecule has 0 aliphatic rings. The standard InChI is InChI=1S/C10H7Cl2N3OS/c11-7-2-1-3-8(12)6(7)5-17-10-14-9(16)4-13-15-10/h1-4H,5H2,(H,14,15,16). The number of nitrogens with one attached hydrogen (secondary N) is 1. The van der Waals surface area contributed by atoms with Gasteiger partial charge >= 0.3 is 0 Å². The third-order valence-corrected chi connectivity index (χ3v) is 3.57. The molecule has 0 saturated carbocycles. The van der Waals surface area contributed by atoms with Gasteiger partial charge in [-0.3, -0.25) is 9.78 Å². The van der Waals surface area contributed by atoms with Gasteiger partial charge in [-0.1, -0.05) is 41.0 Å². The van der Waals surface area contributed by atoms with Gasteiger partial charge in [0.05, 0.1) is 0 Å². The van der Waals surface area contributed by atoms with Crippen molar-refractivity contribution < 1.29 is 0 Å². The molecule has 1 N–H and O–H groups in total. The maximum Gasteiger partial charge on any atom is 0.270 e. The molecule has 17 heavy (non-hydrogen) atoms. The highest BCUT2D eigenvalue weighted by molar-refractivity contribution is 7.98. The molecule has 0 radical (unpaired) electrons. The Labute approximate surface area is 111 Å². The van der Waals surface area contributed by atoms with E-state index in [2.05, 4.69) is 15.2 Å². The van der Waals surface area contributed by atoms with E-state index in [1.54, 1.807) is 18.2 Å². The second-order valence-electron chi connectivity index (χ2n) is 3.13. The molecular formula is C10H7Cl2N3OS. The minimum absolute atomic E-state index is 0.284. The minimum Gasteiger partial charge on any atom is -0.299 e. The number of rotatable bonds is 3. The van der Waals surface area contributed by atoms with E-state index >= 15 is 0 Å². The average molecular weight is 288 g/mol. The number of H-pyrrole nitrogens is 1. The minimum atomic E-state index is -0.284. The summed E-state index contributed by atoms with van der Waals surface area (Å²) in [4.78, 5) is 13.6. The fourth-order valence-corrected chi connectivity index (χ4v) is 2.73. The molecule has 0 saturated heterocycles. The fraction of sp³-hybridized carbons (Fsp3) is 0.100. The number of hydrogen-bond acceptors (Lipinski definition) is 4. The largest absolute Gasteiger partial charge is 0.299 e. The van der Waals surface area contributed by atoms with Crippen molar-refractivity contribution in [2.45, 2.75) is 10.9 Å². The van der Waals surface area contributed by atoms with Crippen molar-refractivity contribution in [3.05, 3.63) is 50.4 Å². The van der Waals surface area contributed by atoms with Crippen LogP contribution >= 0.6 is 35.0 Å². The first kappa shape index (κ1) is 12.4. The number of aromatic nitrogens is 3. The lowest BCUT2D eigenvalue weighted by Gasteiger charge is -2.05. The SMILES string of the molecule is O=c1cnnc(SCc2c(Cl)cccc2Cl)[nH]1. The van der Waals surface area contributed by atoms with Crippen LogP contribution in [0.3, 0.4) is 0 Å². The van der Waals surface area contributed by atoms with Gasteiger partial charge in [-0.2, -0.15) is 5.10 Å². The zero-order chi connectivity index (χ0) is 12.3. The van der Waals surface area contributed by atoms with E-state index < -0.39 is 0 Å². The van der Waals surface area contributed by atoms with E-state index in [1.807, 2.05) is 0 Å². The van der Waals surface area contributed by atoms with Crippen molar-refractivity contribution in [1.29, 1.82) is 0 Å². The lowest BCUT2D eigenvalue weighted by Crippen LogP contribution is -2.08. The molecule has 0 fully saturated rings. The molecule has 4 nitrogen and oxygen atoms in total. The summed E-state index contributed by atoms with van der Waals surface area (Å²) in [6.45, 7) is 0. The molecular weight excluding hydrogens is 281 g/mol. The zero-order valence-corrected chi connectivity index (χ0v) is 10.8. The third-order valence-electron chi connectivity index (χ3n) is 1.97. The van der Waals surface area contributed by atoms with Crippen LogP contribution in [0.1, 0.15) is 5.56 Å². The molecule has 2 rings (SSSR count). The molecule has 0 atom stereocenters. The van der Waals surface area contributed by atoms with Crippen molar-refractivity contribution in [2.24, 2.45) is 0 Å². The third kappa shape index (κ3) is 3.21. The van der Waals surface area contributed by atoms with Crippen molar-refractivity contribution in [3.63, 3.8) is 0 Å². The lowest BCUT2D eigenvalue weighted by molar-refractivity contribution is 0.817. The van der Waals surface area contributed by atoms with Gasteiger partial charge < -0.3 is 0 Å². The van der Waals surface area contributed by atoms with Gasteiger partial charge in [-0.25, -0.2) is 0 Å². The van der Waals surface area contributed by atoms with Crippen LogP contribution in [0.25, 0.3) is 0 Å². The molecule has 0 spiro atoms. The highest BCUT2D eigenvalue weighted by Crippen LogP contribution is 2.29. The van der Waals surface area contributed by atoms with E-state index in [4.69, 9.17) is 23.2 Å². The number of aromatic amines is 1. The van der Waals surface area contributed by atoms with Gasteiger partial charge in [0.2, 0.25) is 0 Å². The fourth-order valence-electron chi connectivity index (χ4n) is 1.17. The van der Waals surface area contributed by atoms with Gasteiger partial charge in [0.25, 0.3) is 5.56 Å². The second-order valence-corrected chi connectivity index (χ2v) is 4.91. The summed E-state index contributed by atoms with van der Waals surface area (Å²) in [7, 11) is 0. The van der Waals surface area contributed by atoms with Crippen molar-refractivity contribution in [2.75, 3.05) is 0 Å². The molecule has 1 heterocycles. The van der Waals surface area contributed by atoms with Gasteiger partial charge in [0.1, 0.15) is 6.20 Å². The molecule has 0 bridgehead atoms. The quantitative estimate of drug-likeness (QED) is 0.882. The number of halogens is 2. The maximum atomic E-state index is 11.0. The van der Waals surface area contributed by atoms with Gasteiger partial charge in [0, 0.05) is 15.8 Å². The molecule has 0 unspecified atom stereocenters. The summed E-state index contributed by atoms with van der Waals surface area (Å²) in [5.41, 5.74) is 0.528. The van der Waals surface area contributed by atoms with E-state index in [1.165, 1.54) is 11.8 Å². The number of thioether (sulfide) groups is 1. The molecule has 0 aliphatic carbocycles.